The normalized spacial score (nSPS) is 12.9. The lowest BCUT2D eigenvalue weighted by atomic mass is 10.2. The van der Waals surface area contributed by atoms with Gasteiger partial charge in [-0.3, -0.25) is 9.59 Å². The van der Waals surface area contributed by atoms with Gasteiger partial charge >= 0.3 is 5.63 Å². The number of hydrogen-bond acceptors (Lipinski definition) is 6. The summed E-state index contributed by atoms with van der Waals surface area (Å²) in [6.45, 7) is -0.0848. The van der Waals surface area contributed by atoms with Gasteiger partial charge in [-0.1, -0.05) is 18.2 Å². The maximum Gasteiger partial charge on any atom is 0.349 e. The van der Waals surface area contributed by atoms with E-state index in [9.17, 15) is 14.4 Å². The maximum absolute atomic E-state index is 12.4. The van der Waals surface area contributed by atoms with Crippen molar-refractivity contribution in [3.63, 3.8) is 0 Å². The Balaban J connectivity index is 1.64. The zero-order valence-electron chi connectivity index (χ0n) is 12.7. The number of para-hydroxylation sites is 1. The molecule has 4 rings (SSSR count). The maximum atomic E-state index is 12.4. The molecule has 8 heteroatoms. The molecule has 3 heterocycles. The molecule has 1 aliphatic heterocycles. The molecule has 124 valence electrons. The Hall–Kier alpha value is -3.68. The number of aromatic nitrogens is 1. The zero-order chi connectivity index (χ0) is 17.4. The summed E-state index contributed by atoms with van der Waals surface area (Å²) in [5, 5.41) is 5.68. The van der Waals surface area contributed by atoms with Crippen LogP contribution in [0.3, 0.4) is 0 Å². The number of fused-ring (bicyclic) bond motifs is 2. The third-order valence-corrected chi connectivity index (χ3v) is 3.60. The van der Waals surface area contributed by atoms with Crippen LogP contribution in [0.2, 0.25) is 0 Å². The van der Waals surface area contributed by atoms with Crippen LogP contribution in [0.5, 0.6) is 5.75 Å². The molecule has 1 aromatic carbocycles. The van der Waals surface area contributed by atoms with Crippen molar-refractivity contribution in [2.75, 3.05) is 17.2 Å². The fourth-order valence-corrected chi connectivity index (χ4v) is 2.44. The third kappa shape index (κ3) is 2.80. The number of rotatable bonds is 2. The molecule has 0 aliphatic carbocycles. The van der Waals surface area contributed by atoms with E-state index in [0.717, 1.165) is 0 Å². The Kier molecular flexibility index (Phi) is 3.42. The topological polar surface area (TPSA) is 111 Å². The first-order valence-corrected chi connectivity index (χ1v) is 7.38. The lowest BCUT2D eigenvalue weighted by Crippen LogP contribution is -2.27. The van der Waals surface area contributed by atoms with Gasteiger partial charge in [0.1, 0.15) is 17.0 Å². The molecule has 0 unspecified atom stereocenters. The van der Waals surface area contributed by atoms with E-state index in [4.69, 9.17) is 9.15 Å². The summed E-state index contributed by atoms with van der Waals surface area (Å²) in [4.78, 5) is 39.8. The van der Waals surface area contributed by atoms with Crippen LogP contribution in [0.4, 0.5) is 11.6 Å². The smallest absolute Gasteiger partial charge is 0.349 e. The number of ether oxygens (including phenoxy) is 1. The van der Waals surface area contributed by atoms with Crippen molar-refractivity contribution in [2.24, 2.45) is 0 Å². The van der Waals surface area contributed by atoms with Gasteiger partial charge in [0, 0.05) is 5.39 Å². The SMILES string of the molecule is O=C1COc2ccc(NC(=O)c3cc4ccccc4oc3=O)nc2N1. The summed E-state index contributed by atoms with van der Waals surface area (Å²) < 4.78 is 10.3. The van der Waals surface area contributed by atoms with E-state index < -0.39 is 11.5 Å². The van der Waals surface area contributed by atoms with Gasteiger partial charge in [0.2, 0.25) is 0 Å². The molecule has 0 saturated carbocycles. The summed E-state index contributed by atoms with van der Waals surface area (Å²) in [5.74, 6) is -0.210. The van der Waals surface area contributed by atoms with Crippen LogP contribution in [0.15, 0.2) is 51.7 Å². The Labute approximate surface area is 140 Å². The standard InChI is InChI=1S/C17H11N3O5/c21-14-8-24-12-5-6-13(18-15(12)20-14)19-16(22)10-7-9-3-1-2-4-11(9)25-17(10)23/h1-7H,8H2,(H2,18,19,20,21,22). The molecule has 2 N–H and O–H groups in total. The number of anilines is 2. The molecule has 1 aliphatic rings. The Morgan fingerprint density at radius 1 is 1.16 bits per heavy atom. The first-order chi connectivity index (χ1) is 12.1. The lowest BCUT2D eigenvalue weighted by molar-refractivity contribution is -0.118. The van der Waals surface area contributed by atoms with Crippen LogP contribution in [-0.4, -0.2) is 23.4 Å². The molecule has 0 spiro atoms. The number of pyridine rings is 1. The molecule has 0 radical (unpaired) electrons. The predicted octanol–water partition coefficient (Wildman–Crippen LogP) is 1.77. The number of amides is 2. The predicted molar refractivity (Wildman–Crippen MR) is 88.8 cm³/mol. The molecule has 2 aromatic heterocycles. The van der Waals surface area contributed by atoms with Crippen molar-refractivity contribution >= 4 is 34.4 Å². The molecular weight excluding hydrogens is 326 g/mol. The summed E-state index contributed by atoms with van der Waals surface area (Å²) in [7, 11) is 0. The van der Waals surface area contributed by atoms with Crippen LogP contribution < -0.4 is 21.0 Å². The van der Waals surface area contributed by atoms with E-state index >= 15 is 0 Å². The number of nitrogens with zero attached hydrogens (tertiary/aromatic N) is 1. The molecule has 0 saturated heterocycles. The number of carbonyl (C=O) groups excluding carboxylic acids is 2. The number of benzene rings is 1. The van der Waals surface area contributed by atoms with Gasteiger partial charge in [0.15, 0.2) is 18.2 Å². The van der Waals surface area contributed by atoms with Crippen molar-refractivity contribution in [3.05, 3.63) is 58.4 Å². The van der Waals surface area contributed by atoms with Gasteiger partial charge in [-0.2, -0.15) is 0 Å². The summed E-state index contributed by atoms with van der Waals surface area (Å²) in [5.41, 5.74) is -0.486. The number of nitrogens with one attached hydrogen (secondary N) is 2. The minimum absolute atomic E-state index is 0.0848. The summed E-state index contributed by atoms with van der Waals surface area (Å²) >= 11 is 0. The van der Waals surface area contributed by atoms with Crippen molar-refractivity contribution in [3.8, 4) is 5.75 Å². The minimum Gasteiger partial charge on any atom is -0.480 e. The van der Waals surface area contributed by atoms with Crippen LogP contribution in [0, 0.1) is 0 Å². The largest absolute Gasteiger partial charge is 0.480 e. The van der Waals surface area contributed by atoms with E-state index in [-0.39, 0.29) is 29.7 Å². The summed E-state index contributed by atoms with van der Waals surface area (Å²) in [6.07, 6.45) is 0. The van der Waals surface area contributed by atoms with Crippen LogP contribution in [0.1, 0.15) is 10.4 Å². The zero-order valence-corrected chi connectivity index (χ0v) is 12.7. The van der Waals surface area contributed by atoms with Gasteiger partial charge < -0.3 is 19.8 Å². The second-order valence-electron chi connectivity index (χ2n) is 5.32. The molecule has 8 nitrogen and oxygen atoms in total. The highest BCUT2D eigenvalue weighted by atomic mass is 16.5. The Morgan fingerprint density at radius 3 is 2.88 bits per heavy atom. The molecule has 0 atom stereocenters. The molecule has 0 fully saturated rings. The Morgan fingerprint density at radius 2 is 2.00 bits per heavy atom. The average molecular weight is 337 g/mol. The monoisotopic (exact) mass is 337 g/mol. The second kappa shape index (κ2) is 5.75. The van der Waals surface area contributed by atoms with E-state index in [1.54, 1.807) is 30.3 Å². The number of hydrogen-bond donors (Lipinski definition) is 2. The van der Waals surface area contributed by atoms with Crippen molar-refractivity contribution in [1.82, 2.24) is 4.98 Å². The van der Waals surface area contributed by atoms with Crippen LogP contribution >= 0.6 is 0 Å². The van der Waals surface area contributed by atoms with Crippen molar-refractivity contribution in [2.45, 2.75) is 0 Å². The van der Waals surface area contributed by atoms with E-state index in [1.165, 1.54) is 12.1 Å². The van der Waals surface area contributed by atoms with E-state index in [1.807, 2.05) is 0 Å². The van der Waals surface area contributed by atoms with Crippen molar-refractivity contribution < 1.29 is 18.7 Å². The number of carbonyl (C=O) groups is 2. The fourth-order valence-electron chi connectivity index (χ4n) is 2.44. The molecule has 3 aromatic rings. The quantitative estimate of drug-likeness (QED) is 0.690. The van der Waals surface area contributed by atoms with Crippen LogP contribution in [-0.2, 0) is 4.79 Å². The highest BCUT2D eigenvalue weighted by Crippen LogP contribution is 2.27. The van der Waals surface area contributed by atoms with E-state index in [0.29, 0.717) is 16.7 Å². The first-order valence-electron chi connectivity index (χ1n) is 7.38. The van der Waals surface area contributed by atoms with Gasteiger partial charge in [0.05, 0.1) is 0 Å². The van der Waals surface area contributed by atoms with Gasteiger partial charge in [-0.05, 0) is 24.3 Å². The Bertz CT molecular complexity index is 1070. The average Bonchev–Trinajstić information content (AvgIpc) is 2.60. The molecule has 2 amide bonds. The van der Waals surface area contributed by atoms with Crippen LogP contribution in [0.25, 0.3) is 11.0 Å². The van der Waals surface area contributed by atoms with E-state index in [2.05, 4.69) is 15.6 Å². The lowest BCUT2D eigenvalue weighted by Gasteiger charge is -2.17. The third-order valence-electron chi connectivity index (χ3n) is 3.60. The van der Waals surface area contributed by atoms with Gasteiger partial charge in [-0.15, -0.1) is 0 Å². The van der Waals surface area contributed by atoms with Gasteiger partial charge in [-0.25, -0.2) is 9.78 Å². The molecule has 25 heavy (non-hydrogen) atoms. The minimum atomic E-state index is -0.745. The summed E-state index contributed by atoms with van der Waals surface area (Å²) in [6, 6.07) is 11.4. The second-order valence-corrected chi connectivity index (χ2v) is 5.32. The highest BCUT2D eigenvalue weighted by Gasteiger charge is 2.19. The van der Waals surface area contributed by atoms with Crippen molar-refractivity contribution in [1.29, 1.82) is 0 Å². The molecule has 0 bridgehead atoms. The molecular formula is C17H11N3O5. The first kappa shape index (κ1) is 14.9. The highest BCUT2D eigenvalue weighted by molar-refractivity contribution is 6.05. The fraction of sp³-hybridized carbons (Fsp3) is 0.0588. The van der Waals surface area contributed by atoms with Gasteiger partial charge in [0.25, 0.3) is 11.8 Å².